The van der Waals surface area contributed by atoms with Crippen LogP contribution in [0.1, 0.15) is 106 Å². The zero-order valence-electron chi connectivity index (χ0n) is 34.6. The smallest absolute Gasteiger partial charge is 0.340 e. The fourth-order valence-electron chi connectivity index (χ4n) is 8.01. The second-order valence-corrected chi connectivity index (χ2v) is 17.4. The van der Waals surface area contributed by atoms with Crippen molar-refractivity contribution in [1.82, 2.24) is 9.97 Å². The van der Waals surface area contributed by atoms with Crippen LogP contribution in [-0.2, 0) is 22.7 Å². The van der Waals surface area contributed by atoms with Crippen molar-refractivity contribution in [2.24, 2.45) is 0 Å². The summed E-state index contributed by atoms with van der Waals surface area (Å²) < 4.78 is 12.3. The van der Waals surface area contributed by atoms with E-state index in [1.54, 1.807) is 48.5 Å². The topological polar surface area (TPSA) is 242 Å². The molecule has 8 aromatic rings. The summed E-state index contributed by atoms with van der Waals surface area (Å²) in [5, 5.41) is 39.4. The van der Waals surface area contributed by atoms with E-state index in [0.717, 1.165) is 22.7 Å². The van der Waals surface area contributed by atoms with Gasteiger partial charge in [0.1, 0.15) is 47.5 Å². The van der Waals surface area contributed by atoms with Gasteiger partial charge in [-0.3, -0.25) is 19.2 Å². The highest BCUT2D eigenvalue weighted by Gasteiger charge is 2.37. The molecule has 0 aliphatic heterocycles. The lowest BCUT2D eigenvalue weighted by molar-refractivity contribution is 0.0466. The van der Waals surface area contributed by atoms with Crippen molar-refractivity contribution in [3.05, 3.63) is 185 Å². The number of rotatable bonds is 8. The Labute approximate surface area is 391 Å². The standard InChI is InChI=1S/C52H22N6O8S2/c53-19-27-11-31-32(12-28(27)20-54)46(60)39(45(31)59)17-41-57-43-37(51(63)65-23-25-7-3-1-4-8-25)15-35-36(49(43)67-41)16-38(52(64)66-24-26-9-5-2-6-10-26)44-50(35)68-42(58-44)18-40-47(61)33-13-29(21-55)30(22-56)14-34(33)48(40)62/h1-18H,23-24H2. The second kappa shape index (κ2) is 16.8. The van der Waals surface area contributed by atoms with E-state index in [1.807, 2.05) is 36.4 Å². The van der Waals surface area contributed by atoms with Crippen molar-refractivity contribution in [3.63, 3.8) is 0 Å². The summed E-state index contributed by atoms with van der Waals surface area (Å²) in [5.74, 6) is -4.31. The molecule has 0 amide bonds. The molecule has 0 bridgehead atoms. The second-order valence-electron chi connectivity index (χ2n) is 15.3. The van der Waals surface area contributed by atoms with Gasteiger partial charge in [0.15, 0.2) is 23.1 Å². The first-order valence-electron chi connectivity index (χ1n) is 20.2. The largest absolute Gasteiger partial charge is 0.457 e. The van der Waals surface area contributed by atoms with Crippen LogP contribution in [0.2, 0.25) is 0 Å². The van der Waals surface area contributed by atoms with Gasteiger partial charge in [-0.25, -0.2) is 19.6 Å². The minimum atomic E-state index is -0.779. The number of benzene rings is 6. The molecule has 0 spiro atoms. The van der Waals surface area contributed by atoms with Crippen molar-refractivity contribution >= 4 is 101 Å². The maximum Gasteiger partial charge on any atom is 0.340 e. The Kier molecular flexibility index (Phi) is 10.4. The summed E-state index contributed by atoms with van der Waals surface area (Å²) in [5.41, 5.74) is 0.574. The lowest BCUT2D eigenvalue weighted by Crippen LogP contribution is -2.08. The number of ketones is 4. The predicted octanol–water partition coefficient (Wildman–Crippen LogP) is 9.19. The molecule has 0 fully saturated rings. The van der Waals surface area contributed by atoms with E-state index in [2.05, 4.69) is 0 Å². The number of hydrogen-bond donors (Lipinski definition) is 0. The number of Topliss-reactive ketones (excluding diaryl/α,β-unsaturated/α-hetero) is 4. The highest BCUT2D eigenvalue weighted by Crippen LogP contribution is 2.43. The molecule has 6 aromatic carbocycles. The van der Waals surface area contributed by atoms with E-state index < -0.39 is 35.1 Å². The fourth-order valence-corrected chi connectivity index (χ4v) is 10.1. The number of ether oxygens (including phenoxy) is 2. The first-order valence-corrected chi connectivity index (χ1v) is 21.8. The number of nitriles is 4. The van der Waals surface area contributed by atoms with E-state index in [4.69, 9.17) is 19.4 Å². The highest BCUT2D eigenvalue weighted by atomic mass is 32.1. The average Bonchev–Trinajstić information content (AvgIpc) is 4.11. The first-order chi connectivity index (χ1) is 33.0. The van der Waals surface area contributed by atoms with Crippen molar-refractivity contribution in [1.29, 1.82) is 21.0 Å². The average molecular weight is 923 g/mol. The Morgan fingerprint density at radius 2 is 0.824 bits per heavy atom. The van der Waals surface area contributed by atoms with Crippen LogP contribution in [0.4, 0.5) is 0 Å². The normalized spacial score (nSPS) is 12.6. The van der Waals surface area contributed by atoms with Gasteiger partial charge in [0.25, 0.3) is 0 Å². The van der Waals surface area contributed by atoms with Crippen LogP contribution in [0.25, 0.3) is 43.4 Å². The molecule has 0 saturated carbocycles. The molecule has 0 unspecified atom stereocenters. The number of carbonyl (C=O) groups excluding carboxylic acids is 6. The van der Waals surface area contributed by atoms with Gasteiger partial charge >= 0.3 is 11.9 Å². The van der Waals surface area contributed by atoms with Gasteiger partial charge in [-0.15, -0.1) is 22.7 Å². The summed E-state index contributed by atoms with van der Waals surface area (Å²) >= 11 is 2.02. The molecular weight excluding hydrogens is 901 g/mol. The number of esters is 2. The minimum absolute atomic E-state index is 0.0128. The van der Waals surface area contributed by atoms with Crippen LogP contribution >= 0.6 is 22.7 Å². The number of fused-ring (bicyclic) bond motifs is 7. The molecule has 14 nitrogen and oxygen atoms in total. The first kappa shape index (κ1) is 42.4. The molecule has 68 heavy (non-hydrogen) atoms. The van der Waals surface area contributed by atoms with Gasteiger partial charge in [-0.1, -0.05) is 60.7 Å². The number of hydrogen-bond acceptors (Lipinski definition) is 16. The zero-order valence-corrected chi connectivity index (χ0v) is 36.2. The van der Waals surface area contributed by atoms with Gasteiger partial charge in [0, 0.05) is 33.0 Å². The summed E-state index contributed by atoms with van der Waals surface area (Å²) in [4.78, 5) is 92.7. The lowest BCUT2D eigenvalue weighted by atomic mass is 10.0. The minimum Gasteiger partial charge on any atom is -0.457 e. The zero-order chi connectivity index (χ0) is 47.4. The van der Waals surface area contributed by atoms with Crippen molar-refractivity contribution in [2.75, 3.05) is 0 Å². The van der Waals surface area contributed by atoms with E-state index in [1.165, 1.54) is 48.6 Å². The maximum atomic E-state index is 14.2. The van der Waals surface area contributed by atoms with Gasteiger partial charge in [-0.05, 0) is 59.7 Å². The molecule has 0 radical (unpaired) electrons. The number of carbonyl (C=O) groups is 6. The third kappa shape index (κ3) is 7.08. The predicted molar refractivity (Wildman–Crippen MR) is 246 cm³/mol. The molecule has 0 atom stereocenters. The molecule has 2 aromatic heterocycles. The van der Waals surface area contributed by atoms with Crippen LogP contribution in [0.5, 0.6) is 0 Å². The number of aromatic nitrogens is 2. The molecule has 10 rings (SSSR count). The lowest BCUT2D eigenvalue weighted by Gasteiger charge is -2.10. The highest BCUT2D eigenvalue weighted by molar-refractivity contribution is 7.21. The SMILES string of the molecule is N#Cc1cc2c(cc1C#N)C(=O)C(=Cc1nc3c(C(=O)OCc4ccccc4)cc4c(cc(C(=O)OCc5ccccc5)c5nc(C=C6C(=O)c7cc(C#N)c(C#N)cc7C6=O)sc54)c3s1)C2=O. The Morgan fingerprint density at radius 1 is 0.500 bits per heavy atom. The number of allylic oxidation sites excluding steroid dienone is 2. The summed E-state index contributed by atoms with van der Waals surface area (Å²) in [6, 6.07) is 33.3. The van der Waals surface area contributed by atoms with Crippen LogP contribution in [-0.4, -0.2) is 45.0 Å². The van der Waals surface area contributed by atoms with E-state index in [0.29, 0.717) is 31.3 Å². The number of nitrogens with zero attached hydrogens (tertiary/aromatic N) is 6. The fraction of sp³-hybridized carbons (Fsp3) is 0.0385. The Hall–Kier alpha value is -9.58. The van der Waals surface area contributed by atoms with E-state index >= 15 is 0 Å². The maximum absolute atomic E-state index is 14.2. The van der Waals surface area contributed by atoms with Crippen LogP contribution in [0.3, 0.4) is 0 Å². The molecule has 320 valence electrons. The molecule has 2 aliphatic carbocycles. The third-order valence-corrected chi connectivity index (χ3v) is 13.4. The molecular formula is C52H22N6O8S2. The van der Waals surface area contributed by atoms with Gasteiger partial charge < -0.3 is 9.47 Å². The summed E-state index contributed by atoms with van der Waals surface area (Å²) in [6.07, 6.45) is 2.55. The van der Waals surface area contributed by atoms with Crippen molar-refractivity contribution in [3.8, 4) is 24.3 Å². The van der Waals surface area contributed by atoms with Gasteiger partial charge in [-0.2, -0.15) is 21.0 Å². The summed E-state index contributed by atoms with van der Waals surface area (Å²) in [6.45, 7) is -0.208. The molecule has 0 saturated heterocycles. The summed E-state index contributed by atoms with van der Waals surface area (Å²) in [7, 11) is 0. The number of thiazole rings is 2. The Bertz CT molecular complexity index is 3550. The van der Waals surface area contributed by atoms with E-state index in [9.17, 15) is 49.8 Å². The Balaban J connectivity index is 1.16. The third-order valence-electron chi connectivity index (χ3n) is 11.3. The monoisotopic (exact) mass is 922 g/mol. The van der Waals surface area contributed by atoms with E-state index in [-0.39, 0.29) is 101 Å². The molecule has 0 N–H and O–H groups in total. The van der Waals surface area contributed by atoms with Crippen molar-refractivity contribution in [2.45, 2.75) is 13.2 Å². The van der Waals surface area contributed by atoms with Crippen LogP contribution < -0.4 is 0 Å². The molecule has 16 heteroatoms. The van der Waals surface area contributed by atoms with Gasteiger partial charge in [0.05, 0.1) is 65.0 Å². The Morgan fingerprint density at radius 3 is 1.13 bits per heavy atom. The van der Waals surface area contributed by atoms with Crippen LogP contribution in [0, 0.1) is 45.3 Å². The molecule has 2 heterocycles. The van der Waals surface area contributed by atoms with Gasteiger partial charge in [0.2, 0.25) is 0 Å². The quantitative estimate of drug-likeness (QED) is 0.0784. The van der Waals surface area contributed by atoms with Crippen LogP contribution in [0.15, 0.2) is 108 Å². The van der Waals surface area contributed by atoms with Crippen molar-refractivity contribution < 1.29 is 38.2 Å². The molecule has 2 aliphatic rings.